The maximum Gasteiger partial charge on any atom is 0.306 e. The Hall–Kier alpha value is -3.21. The highest BCUT2D eigenvalue weighted by Crippen LogP contribution is 2.11. The van der Waals surface area contributed by atoms with Gasteiger partial charge in [0.15, 0.2) is 0 Å². The molecule has 0 radical (unpaired) electrons. The van der Waals surface area contributed by atoms with Crippen molar-refractivity contribution in [3.8, 4) is 0 Å². The first kappa shape index (κ1) is 51.8. The summed E-state index contributed by atoms with van der Waals surface area (Å²) in [5, 5.41) is 9.61. The van der Waals surface area contributed by atoms with E-state index in [1.165, 1.54) is 44.9 Å². The Kier molecular flexibility index (Phi) is 44.2. The lowest BCUT2D eigenvalue weighted by Gasteiger charge is -2.15. The van der Waals surface area contributed by atoms with E-state index in [-0.39, 0.29) is 19.2 Å². The van der Waals surface area contributed by atoms with Crippen LogP contribution in [0.1, 0.15) is 168 Å². The minimum absolute atomic E-state index is 0.204. The Morgan fingerprint density at radius 1 is 0.455 bits per heavy atom. The number of hydrogen-bond donors (Lipinski definition) is 1. The summed E-state index contributed by atoms with van der Waals surface area (Å²) in [6, 6.07) is 0. The normalized spacial score (nSPS) is 13.6. The zero-order valence-electron chi connectivity index (χ0n) is 35.4. The fraction of sp³-hybridized carbons (Fsp3) is 0.588. The van der Waals surface area contributed by atoms with Crippen LogP contribution in [0.3, 0.4) is 0 Å². The second kappa shape index (κ2) is 46.9. The van der Waals surface area contributed by atoms with Gasteiger partial charge >= 0.3 is 5.97 Å². The molecule has 0 aliphatic heterocycles. The monoisotopic (exact) mass is 759 g/mol. The molecule has 1 atom stereocenters. The number of hydrogen-bond acceptors (Lipinski definition) is 4. The van der Waals surface area contributed by atoms with Crippen LogP contribution in [-0.2, 0) is 14.3 Å². The number of aliphatic hydroxyl groups is 1. The molecule has 4 nitrogen and oxygen atoms in total. The highest BCUT2D eigenvalue weighted by Gasteiger charge is 2.13. The van der Waals surface area contributed by atoms with E-state index in [9.17, 15) is 9.90 Å². The van der Waals surface area contributed by atoms with Crippen LogP contribution in [0, 0.1) is 0 Å². The van der Waals surface area contributed by atoms with Crippen molar-refractivity contribution in [2.45, 2.75) is 174 Å². The number of rotatable bonds is 39. The molecule has 0 aliphatic carbocycles. The van der Waals surface area contributed by atoms with Gasteiger partial charge in [-0.1, -0.05) is 174 Å². The fourth-order valence-electron chi connectivity index (χ4n) is 5.49. The predicted octanol–water partition coefficient (Wildman–Crippen LogP) is 14.9. The molecule has 1 unspecified atom stereocenters. The summed E-state index contributed by atoms with van der Waals surface area (Å²) in [6.07, 6.45) is 69.7. The van der Waals surface area contributed by atoms with Crippen LogP contribution >= 0.6 is 0 Å². The van der Waals surface area contributed by atoms with Crippen molar-refractivity contribution in [2.24, 2.45) is 0 Å². The number of carbonyl (C=O) groups is 1. The minimum Gasteiger partial charge on any atom is -0.457 e. The van der Waals surface area contributed by atoms with Gasteiger partial charge < -0.3 is 14.6 Å². The van der Waals surface area contributed by atoms with Gasteiger partial charge in [0, 0.05) is 13.0 Å². The molecule has 0 aromatic rings. The van der Waals surface area contributed by atoms with Crippen LogP contribution in [0.5, 0.6) is 0 Å². The van der Waals surface area contributed by atoms with Crippen molar-refractivity contribution in [2.75, 3.05) is 19.8 Å². The molecule has 310 valence electrons. The number of esters is 1. The molecule has 0 bridgehead atoms. The Bertz CT molecular complexity index is 1110. The van der Waals surface area contributed by atoms with Crippen LogP contribution < -0.4 is 0 Å². The zero-order chi connectivity index (χ0) is 39.8. The van der Waals surface area contributed by atoms with E-state index in [1.54, 1.807) is 0 Å². The highest BCUT2D eigenvalue weighted by atomic mass is 16.6. The number of carbonyl (C=O) groups excluding carboxylic acids is 1. The first-order chi connectivity index (χ1) is 27.2. The smallest absolute Gasteiger partial charge is 0.306 e. The third kappa shape index (κ3) is 45.1. The van der Waals surface area contributed by atoms with Gasteiger partial charge in [0.1, 0.15) is 6.10 Å². The van der Waals surface area contributed by atoms with Crippen molar-refractivity contribution in [1.29, 1.82) is 0 Å². The Morgan fingerprint density at radius 2 is 0.818 bits per heavy atom. The summed E-state index contributed by atoms with van der Waals surface area (Å²) >= 11 is 0. The van der Waals surface area contributed by atoms with Gasteiger partial charge in [0.05, 0.1) is 13.2 Å². The first-order valence-electron chi connectivity index (χ1n) is 22.1. The standard InChI is InChI=1S/C51H82O4/c1-3-5-7-9-11-13-15-17-19-21-23-24-25-26-27-29-31-33-35-37-39-41-43-45-47-54-49-50(48-52)55-51(53)46-44-42-40-38-36-34-32-30-28-22-20-18-16-14-12-10-8-6-4-2/h5,7,11-14,17-20,23-24,26-28,30-31,33,37,39,50,52H,3-4,6,8-10,15-16,21-22,25,29,32,34-36,38,40-49H2,1-2H3/b7-5-,13-11-,14-12-,19-17-,20-18-,24-23-,27-26-,30-28-,33-31-,39-37-. The van der Waals surface area contributed by atoms with Crippen molar-refractivity contribution < 1.29 is 19.4 Å². The van der Waals surface area contributed by atoms with Crippen molar-refractivity contribution >= 4 is 5.97 Å². The third-order valence-corrected chi connectivity index (χ3v) is 8.77. The molecule has 0 fully saturated rings. The molecule has 55 heavy (non-hydrogen) atoms. The molecule has 0 aromatic heterocycles. The summed E-state index contributed by atoms with van der Waals surface area (Å²) in [5.74, 6) is -0.234. The van der Waals surface area contributed by atoms with Gasteiger partial charge in [-0.2, -0.15) is 0 Å². The first-order valence-corrected chi connectivity index (χ1v) is 22.1. The quantitative estimate of drug-likeness (QED) is 0.0385. The molecule has 0 aliphatic rings. The fourth-order valence-corrected chi connectivity index (χ4v) is 5.49. The Morgan fingerprint density at radius 3 is 1.24 bits per heavy atom. The summed E-state index contributed by atoms with van der Waals surface area (Å²) in [4.78, 5) is 12.2. The molecule has 0 aromatic carbocycles. The summed E-state index contributed by atoms with van der Waals surface area (Å²) in [5.41, 5.74) is 0. The van der Waals surface area contributed by atoms with Gasteiger partial charge in [-0.05, 0) is 109 Å². The molecule has 0 rings (SSSR count). The number of allylic oxidation sites excluding steroid dienone is 20. The maximum absolute atomic E-state index is 12.2. The second-order valence-electron chi connectivity index (χ2n) is 14.0. The summed E-state index contributed by atoms with van der Waals surface area (Å²) in [7, 11) is 0. The molecule has 0 saturated heterocycles. The number of ether oxygens (including phenoxy) is 2. The Labute approximate surface area is 339 Å². The molecule has 0 amide bonds. The van der Waals surface area contributed by atoms with Crippen molar-refractivity contribution in [3.63, 3.8) is 0 Å². The van der Waals surface area contributed by atoms with Gasteiger partial charge in [-0.3, -0.25) is 4.79 Å². The average Bonchev–Trinajstić information content (AvgIpc) is 3.19. The van der Waals surface area contributed by atoms with Gasteiger partial charge in [0.25, 0.3) is 0 Å². The van der Waals surface area contributed by atoms with E-state index in [4.69, 9.17) is 9.47 Å². The maximum atomic E-state index is 12.2. The topological polar surface area (TPSA) is 55.8 Å². The lowest BCUT2D eigenvalue weighted by Crippen LogP contribution is -2.27. The third-order valence-electron chi connectivity index (χ3n) is 8.77. The molecule has 1 N–H and O–H groups in total. The minimum atomic E-state index is -0.575. The molecule has 0 heterocycles. The van der Waals surface area contributed by atoms with Crippen LogP contribution in [-0.4, -0.2) is 37.0 Å². The van der Waals surface area contributed by atoms with E-state index in [0.29, 0.717) is 13.0 Å². The molecular weight excluding hydrogens is 677 g/mol. The van der Waals surface area contributed by atoms with Crippen molar-refractivity contribution in [1.82, 2.24) is 0 Å². The second-order valence-corrected chi connectivity index (χ2v) is 14.0. The van der Waals surface area contributed by atoms with Gasteiger partial charge in [0.2, 0.25) is 0 Å². The zero-order valence-corrected chi connectivity index (χ0v) is 35.4. The molecule has 4 heteroatoms. The lowest BCUT2D eigenvalue weighted by molar-refractivity contribution is -0.154. The number of aliphatic hydroxyl groups excluding tert-OH is 1. The summed E-state index contributed by atoms with van der Waals surface area (Å²) < 4.78 is 11.1. The van der Waals surface area contributed by atoms with E-state index in [1.807, 2.05) is 0 Å². The van der Waals surface area contributed by atoms with E-state index < -0.39 is 6.10 Å². The van der Waals surface area contributed by atoms with Crippen molar-refractivity contribution in [3.05, 3.63) is 122 Å². The molecular formula is C51H82O4. The van der Waals surface area contributed by atoms with E-state index in [2.05, 4.69) is 135 Å². The van der Waals surface area contributed by atoms with E-state index in [0.717, 1.165) is 103 Å². The SMILES string of the molecule is CC/C=C\C/C=C\C/C=C\C/C=C\C/C=C\C/C=C\C/C=C\CCCCOCC(CO)OC(=O)CCCCCCCC/C=C\C/C=C\C/C=C\CCCCC. The van der Waals surface area contributed by atoms with Gasteiger partial charge in [-0.15, -0.1) is 0 Å². The van der Waals surface area contributed by atoms with E-state index >= 15 is 0 Å². The van der Waals surface area contributed by atoms with Crippen LogP contribution in [0.25, 0.3) is 0 Å². The molecule has 0 spiro atoms. The van der Waals surface area contributed by atoms with Crippen LogP contribution in [0.15, 0.2) is 122 Å². The van der Waals surface area contributed by atoms with Crippen LogP contribution in [0.2, 0.25) is 0 Å². The van der Waals surface area contributed by atoms with Gasteiger partial charge in [-0.25, -0.2) is 0 Å². The summed E-state index contributed by atoms with van der Waals surface area (Å²) in [6.45, 7) is 5.06. The Balaban J connectivity index is 3.62. The average molecular weight is 759 g/mol. The predicted molar refractivity (Wildman–Crippen MR) is 241 cm³/mol. The molecule has 0 saturated carbocycles. The highest BCUT2D eigenvalue weighted by molar-refractivity contribution is 5.69. The number of unbranched alkanes of at least 4 members (excludes halogenated alkanes) is 11. The van der Waals surface area contributed by atoms with Crippen LogP contribution in [0.4, 0.5) is 0 Å². The largest absolute Gasteiger partial charge is 0.457 e. The lowest BCUT2D eigenvalue weighted by atomic mass is 10.1.